The first-order valence-corrected chi connectivity index (χ1v) is 8.13. The molecular formula is C18H18BClO3. The van der Waals surface area contributed by atoms with E-state index in [1.165, 1.54) is 0 Å². The summed E-state index contributed by atoms with van der Waals surface area (Å²) in [4.78, 5) is 0. The van der Waals surface area contributed by atoms with Crippen molar-refractivity contribution >= 4 is 46.1 Å². The predicted molar refractivity (Wildman–Crippen MR) is 94.4 cm³/mol. The summed E-state index contributed by atoms with van der Waals surface area (Å²) < 4.78 is 18.4. The summed E-state index contributed by atoms with van der Waals surface area (Å²) in [6.07, 6.45) is 0. The van der Waals surface area contributed by atoms with Crippen LogP contribution in [0, 0.1) is 0 Å². The van der Waals surface area contributed by atoms with Crippen molar-refractivity contribution in [1.29, 1.82) is 0 Å². The van der Waals surface area contributed by atoms with Crippen molar-refractivity contribution in [3.05, 3.63) is 41.4 Å². The fourth-order valence-corrected chi connectivity index (χ4v) is 3.22. The van der Waals surface area contributed by atoms with Gasteiger partial charge in [0.05, 0.1) is 11.2 Å². The molecule has 5 heteroatoms. The number of hydrogen-bond donors (Lipinski definition) is 0. The zero-order chi connectivity index (χ0) is 16.4. The molecule has 1 aliphatic rings. The maximum Gasteiger partial charge on any atom is 0.495 e. The highest BCUT2D eigenvalue weighted by atomic mass is 35.5. The van der Waals surface area contributed by atoms with Gasteiger partial charge in [0.2, 0.25) is 0 Å². The van der Waals surface area contributed by atoms with Gasteiger partial charge in [0, 0.05) is 21.9 Å². The van der Waals surface area contributed by atoms with Crippen LogP contribution in [-0.4, -0.2) is 18.3 Å². The monoisotopic (exact) mass is 328 g/mol. The van der Waals surface area contributed by atoms with Crippen molar-refractivity contribution in [2.24, 2.45) is 0 Å². The van der Waals surface area contributed by atoms with Crippen molar-refractivity contribution in [3.63, 3.8) is 0 Å². The molecular weight excluding hydrogens is 310 g/mol. The minimum absolute atomic E-state index is 0.397. The Labute approximate surface area is 140 Å². The summed E-state index contributed by atoms with van der Waals surface area (Å²) in [7, 11) is -0.470. The minimum atomic E-state index is -0.470. The number of furan rings is 1. The van der Waals surface area contributed by atoms with E-state index in [0.717, 1.165) is 27.4 Å². The third-order valence-corrected chi connectivity index (χ3v) is 5.20. The van der Waals surface area contributed by atoms with Crippen LogP contribution < -0.4 is 5.46 Å². The van der Waals surface area contributed by atoms with Crippen LogP contribution in [0.2, 0.25) is 5.02 Å². The van der Waals surface area contributed by atoms with Gasteiger partial charge in [-0.05, 0) is 45.3 Å². The molecule has 0 spiro atoms. The van der Waals surface area contributed by atoms with Crippen molar-refractivity contribution in [2.75, 3.05) is 0 Å². The number of benzene rings is 2. The molecule has 118 valence electrons. The lowest BCUT2D eigenvalue weighted by atomic mass is 9.76. The Morgan fingerprint density at radius 1 is 0.913 bits per heavy atom. The number of halogens is 1. The van der Waals surface area contributed by atoms with Crippen molar-refractivity contribution in [3.8, 4) is 0 Å². The Balaban J connectivity index is 1.97. The molecule has 0 aliphatic carbocycles. The van der Waals surface area contributed by atoms with Crippen LogP contribution in [0.1, 0.15) is 27.7 Å². The Kier molecular flexibility index (Phi) is 3.12. The van der Waals surface area contributed by atoms with E-state index >= 15 is 0 Å². The molecule has 1 aliphatic heterocycles. The van der Waals surface area contributed by atoms with Gasteiger partial charge in [0.1, 0.15) is 11.2 Å². The largest absolute Gasteiger partial charge is 0.495 e. The van der Waals surface area contributed by atoms with Gasteiger partial charge in [-0.25, -0.2) is 0 Å². The second-order valence-electron chi connectivity index (χ2n) is 7.05. The summed E-state index contributed by atoms with van der Waals surface area (Å²) in [6.45, 7) is 8.18. The molecule has 4 rings (SSSR count). The van der Waals surface area contributed by atoms with E-state index in [1.807, 2.05) is 64.1 Å². The first-order valence-electron chi connectivity index (χ1n) is 7.75. The second kappa shape index (κ2) is 4.76. The predicted octanol–water partition coefficient (Wildman–Crippen LogP) is 4.54. The van der Waals surface area contributed by atoms with Gasteiger partial charge in [-0.2, -0.15) is 0 Å². The summed E-state index contributed by atoms with van der Waals surface area (Å²) >= 11 is 6.30. The van der Waals surface area contributed by atoms with Crippen LogP contribution in [0.3, 0.4) is 0 Å². The van der Waals surface area contributed by atoms with Gasteiger partial charge in [-0.1, -0.05) is 29.8 Å². The van der Waals surface area contributed by atoms with Gasteiger partial charge < -0.3 is 13.7 Å². The number of hydrogen-bond acceptors (Lipinski definition) is 3. The quantitative estimate of drug-likeness (QED) is 0.615. The molecule has 3 aromatic rings. The van der Waals surface area contributed by atoms with Gasteiger partial charge in [0.15, 0.2) is 0 Å². The Morgan fingerprint density at radius 3 is 2.26 bits per heavy atom. The van der Waals surface area contributed by atoms with Crippen LogP contribution in [0.15, 0.2) is 40.8 Å². The van der Waals surface area contributed by atoms with E-state index in [2.05, 4.69) is 0 Å². The third-order valence-electron chi connectivity index (χ3n) is 4.98. The summed E-state index contributed by atoms with van der Waals surface area (Å²) in [5.74, 6) is 0. The van der Waals surface area contributed by atoms with Gasteiger partial charge in [0.25, 0.3) is 0 Å². The van der Waals surface area contributed by atoms with Gasteiger partial charge in [-0.3, -0.25) is 0 Å². The first kappa shape index (κ1) is 15.1. The topological polar surface area (TPSA) is 31.6 Å². The summed E-state index contributed by atoms with van der Waals surface area (Å²) in [5, 5.41) is 2.66. The van der Waals surface area contributed by atoms with Crippen molar-refractivity contribution in [1.82, 2.24) is 0 Å². The first-order chi connectivity index (χ1) is 10.8. The van der Waals surface area contributed by atoms with E-state index in [9.17, 15) is 0 Å². The zero-order valence-corrected chi connectivity index (χ0v) is 14.4. The molecule has 0 amide bonds. The molecule has 0 atom stereocenters. The number of fused-ring (bicyclic) bond motifs is 3. The highest BCUT2D eigenvalue weighted by Crippen LogP contribution is 2.38. The molecule has 1 aromatic heterocycles. The van der Waals surface area contributed by atoms with Crippen LogP contribution in [0.25, 0.3) is 21.9 Å². The Bertz CT molecular complexity index is 897. The highest BCUT2D eigenvalue weighted by molar-refractivity contribution is 6.66. The Morgan fingerprint density at radius 2 is 1.57 bits per heavy atom. The highest BCUT2D eigenvalue weighted by Gasteiger charge is 2.52. The molecule has 1 fully saturated rings. The van der Waals surface area contributed by atoms with Crippen LogP contribution in [0.5, 0.6) is 0 Å². The average molecular weight is 329 g/mol. The van der Waals surface area contributed by atoms with Crippen molar-refractivity contribution in [2.45, 2.75) is 38.9 Å². The molecule has 0 radical (unpaired) electrons. The summed E-state index contributed by atoms with van der Waals surface area (Å²) in [5.41, 5.74) is 1.71. The van der Waals surface area contributed by atoms with Crippen molar-refractivity contribution < 1.29 is 13.7 Å². The lowest BCUT2D eigenvalue weighted by Crippen LogP contribution is -2.41. The zero-order valence-electron chi connectivity index (χ0n) is 13.6. The molecule has 2 aromatic carbocycles. The Hall–Kier alpha value is -1.49. The fourth-order valence-electron chi connectivity index (χ4n) is 3.01. The van der Waals surface area contributed by atoms with E-state index < -0.39 is 18.3 Å². The van der Waals surface area contributed by atoms with Gasteiger partial charge in [-0.15, -0.1) is 0 Å². The molecule has 0 bridgehead atoms. The molecule has 2 heterocycles. The third kappa shape index (κ3) is 2.20. The standard InChI is InChI=1S/C18H18BClO3/c1-17(2)18(3,4)23-19(22-17)13-9-11(20)10-15-16(13)12-7-5-6-8-14(12)21-15/h5-10H,1-4H3. The molecule has 0 saturated carbocycles. The van der Waals surface area contributed by atoms with E-state index in [0.29, 0.717) is 5.02 Å². The lowest BCUT2D eigenvalue weighted by molar-refractivity contribution is 0.00578. The van der Waals surface area contributed by atoms with Crippen LogP contribution >= 0.6 is 11.6 Å². The SMILES string of the molecule is CC1(C)OB(c2cc(Cl)cc3oc4ccccc4c23)OC1(C)C. The maximum absolute atomic E-state index is 6.30. The van der Waals surface area contributed by atoms with Gasteiger partial charge >= 0.3 is 7.12 Å². The van der Waals surface area contributed by atoms with Crippen LogP contribution in [0.4, 0.5) is 0 Å². The summed E-state index contributed by atoms with van der Waals surface area (Å²) in [6, 6.07) is 11.7. The molecule has 23 heavy (non-hydrogen) atoms. The fraction of sp³-hybridized carbons (Fsp3) is 0.333. The van der Waals surface area contributed by atoms with E-state index in [4.69, 9.17) is 25.3 Å². The van der Waals surface area contributed by atoms with E-state index in [1.54, 1.807) is 0 Å². The number of rotatable bonds is 1. The van der Waals surface area contributed by atoms with E-state index in [-0.39, 0.29) is 0 Å². The smallest absolute Gasteiger partial charge is 0.456 e. The number of para-hydroxylation sites is 1. The normalized spacial score (nSPS) is 19.8. The second-order valence-corrected chi connectivity index (χ2v) is 7.49. The average Bonchev–Trinajstić information content (AvgIpc) is 2.92. The molecule has 3 nitrogen and oxygen atoms in total. The van der Waals surface area contributed by atoms with Crippen LogP contribution in [-0.2, 0) is 9.31 Å². The maximum atomic E-state index is 6.30. The molecule has 1 saturated heterocycles. The lowest BCUT2D eigenvalue weighted by Gasteiger charge is -2.32. The molecule has 0 N–H and O–H groups in total. The molecule has 0 unspecified atom stereocenters. The minimum Gasteiger partial charge on any atom is -0.456 e.